The Labute approximate surface area is 98.9 Å². The van der Waals surface area contributed by atoms with Crippen LogP contribution in [0.5, 0.6) is 0 Å². The van der Waals surface area contributed by atoms with Gasteiger partial charge >= 0.3 is 0 Å². The number of nitrogens with one attached hydrogen (secondary N) is 1. The Bertz CT molecular complexity index is 347. The SMILES string of the molecule is C/C=C\C=C(\NCc1ccccc1)C(C)C. The highest BCUT2D eigenvalue weighted by Crippen LogP contribution is 2.08. The maximum Gasteiger partial charge on any atom is 0.0397 e. The molecule has 0 aromatic heterocycles. The predicted molar refractivity (Wildman–Crippen MR) is 71.0 cm³/mol. The monoisotopic (exact) mass is 215 g/mol. The van der Waals surface area contributed by atoms with Crippen molar-refractivity contribution in [3.8, 4) is 0 Å². The Morgan fingerprint density at radius 3 is 2.50 bits per heavy atom. The smallest absolute Gasteiger partial charge is 0.0397 e. The summed E-state index contributed by atoms with van der Waals surface area (Å²) in [5, 5.41) is 3.48. The molecule has 0 saturated carbocycles. The predicted octanol–water partition coefficient (Wildman–Crippen LogP) is 3.89. The van der Waals surface area contributed by atoms with Crippen molar-refractivity contribution in [2.24, 2.45) is 5.92 Å². The van der Waals surface area contributed by atoms with Crippen LogP contribution in [0.15, 0.2) is 54.3 Å². The second kappa shape index (κ2) is 6.89. The average molecular weight is 215 g/mol. The van der Waals surface area contributed by atoms with Crippen LogP contribution in [0.25, 0.3) is 0 Å². The highest BCUT2D eigenvalue weighted by atomic mass is 14.9. The van der Waals surface area contributed by atoms with Crippen molar-refractivity contribution in [2.75, 3.05) is 0 Å². The van der Waals surface area contributed by atoms with E-state index in [1.165, 1.54) is 11.3 Å². The minimum atomic E-state index is 0.528. The van der Waals surface area contributed by atoms with Gasteiger partial charge in [-0.15, -0.1) is 0 Å². The molecule has 0 amide bonds. The van der Waals surface area contributed by atoms with E-state index in [9.17, 15) is 0 Å². The lowest BCUT2D eigenvalue weighted by molar-refractivity contribution is 0.652. The molecular formula is C15H21N. The number of allylic oxidation sites excluding steroid dienone is 4. The van der Waals surface area contributed by atoms with Crippen molar-refractivity contribution in [2.45, 2.75) is 27.3 Å². The molecule has 1 nitrogen and oxygen atoms in total. The quantitative estimate of drug-likeness (QED) is 0.735. The first-order valence-electron chi connectivity index (χ1n) is 5.84. The maximum absolute atomic E-state index is 3.48. The van der Waals surface area contributed by atoms with Gasteiger partial charge in [0.1, 0.15) is 0 Å². The largest absolute Gasteiger partial charge is 0.384 e. The summed E-state index contributed by atoms with van der Waals surface area (Å²) in [5.41, 5.74) is 2.59. The molecule has 0 fully saturated rings. The molecule has 1 heteroatoms. The zero-order chi connectivity index (χ0) is 11.8. The lowest BCUT2D eigenvalue weighted by Gasteiger charge is -2.14. The van der Waals surface area contributed by atoms with E-state index in [-0.39, 0.29) is 0 Å². The Kier molecular flexibility index (Phi) is 5.41. The van der Waals surface area contributed by atoms with E-state index in [2.05, 4.69) is 55.6 Å². The molecule has 0 bridgehead atoms. The zero-order valence-corrected chi connectivity index (χ0v) is 10.4. The Morgan fingerprint density at radius 2 is 1.94 bits per heavy atom. The molecule has 1 N–H and O–H groups in total. The Balaban J connectivity index is 2.57. The summed E-state index contributed by atoms with van der Waals surface area (Å²) in [4.78, 5) is 0. The third-order valence-electron chi connectivity index (χ3n) is 2.43. The van der Waals surface area contributed by atoms with Crippen LogP contribution in [0.4, 0.5) is 0 Å². The molecule has 86 valence electrons. The summed E-state index contributed by atoms with van der Waals surface area (Å²) in [6, 6.07) is 10.5. The van der Waals surface area contributed by atoms with Gasteiger partial charge in [-0.1, -0.05) is 56.3 Å². The van der Waals surface area contributed by atoms with Crippen LogP contribution in [0.2, 0.25) is 0 Å². The Morgan fingerprint density at radius 1 is 1.25 bits per heavy atom. The fourth-order valence-electron chi connectivity index (χ4n) is 1.46. The van der Waals surface area contributed by atoms with Gasteiger partial charge in [-0.25, -0.2) is 0 Å². The summed E-state index contributed by atoms with van der Waals surface area (Å²) in [6.07, 6.45) is 6.27. The van der Waals surface area contributed by atoms with Crippen LogP contribution in [0, 0.1) is 5.92 Å². The first-order chi connectivity index (χ1) is 7.74. The van der Waals surface area contributed by atoms with E-state index >= 15 is 0 Å². The first-order valence-corrected chi connectivity index (χ1v) is 5.84. The fourth-order valence-corrected chi connectivity index (χ4v) is 1.46. The van der Waals surface area contributed by atoms with Crippen LogP contribution in [0.3, 0.4) is 0 Å². The molecule has 0 saturated heterocycles. The van der Waals surface area contributed by atoms with Crippen LogP contribution < -0.4 is 5.32 Å². The van der Waals surface area contributed by atoms with E-state index in [0.29, 0.717) is 5.92 Å². The lowest BCUT2D eigenvalue weighted by atomic mass is 10.1. The third-order valence-corrected chi connectivity index (χ3v) is 2.43. The molecule has 0 atom stereocenters. The number of benzene rings is 1. The summed E-state index contributed by atoms with van der Waals surface area (Å²) >= 11 is 0. The van der Waals surface area contributed by atoms with Gasteiger partial charge in [0.2, 0.25) is 0 Å². The van der Waals surface area contributed by atoms with Crippen molar-refractivity contribution in [3.63, 3.8) is 0 Å². The second-order valence-corrected chi connectivity index (χ2v) is 4.14. The molecule has 1 aromatic rings. The van der Waals surface area contributed by atoms with Gasteiger partial charge in [-0.3, -0.25) is 0 Å². The van der Waals surface area contributed by atoms with Gasteiger partial charge in [0.15, 0.2) is 0 Å². The van der Waals surface area contributed by atoms with E-state index in [1.807, 2.05) is 19.1 Å². The van der Waals surface area contributed by atoms with Crippen LogP contribution >= 0.6 is 0 Å². The molecule has 0 aliphatic carbocycles. The van der Waals surface area contributed by atoms with E-state index < -0.39 is 0 Å². The van der Waals surface area contributed by atoms with Crippen molar-refractivity contribution in [3.05, 3.63) is 59.8 Å². The van der Waals surface area contributed by atoms with Gasteiger partial charge in [0.05, 0.1) is 0 Å². The molecule has 0 heterocycles. The van der Waals surface area contributed by atoms with Crippen molar-refractivity contribution in [1.82, 2.24) is 5.32 Å². The molecule has 0 spiro atoms. The van der Waals surface area contributed by atoms with Gasteiger partial charge in [0.25, 0.3) is 0 Å². The van der Waals surface area contributed by atoms with Crippen molar-refractivity contribution < 1.29 is 0 Å². The highest BCUT2D eigenvalue weighted by Gasteiger charge is 2.01. The molecule has 0 unspecified atom stereocenters. The maximum atomic E-state index is 3.48. The van der Waals surface area contributed by atoms with E-state index in [4.69, 9.17) is 0 Å². The van der Waals surface area contributed by atoms with Crippen molar-refractivity contribution >= 4 is 0 Å². The van der Waals surface area contributed by atoms with Crippen LogP contribution in [-0.4, -0.2) is 0 Å². The minimum absolute atomic E-state index is 0.528. The van der Waals surface area contributed by atoms with Gasteiger partial charge in [-0.2, -0.15) is 0 Å². The van der Waals surface area contributed by atoms with Gasteiger partial charge < -0.3 is 5.32 Å². The molecule has 16 heavy (non-hydrogen) atoms. The van der Waals surface area contributed by atoms with E-state index in [1.54, 1.807) is 0 Å². The highest BCUT2D eigenvalue weighted by molar-refractivity contribution is 5.17. The molecular weight excluding hydrogens is 194 g/mol. The summed E-state index contributed by atoms with van der Waals surface area (Å²) in [5.74, 6) is 0.528. The third kappa shape index (κ3) is 4.35. The molecule has 1 aromatic carbocycles. The average Bonchev–Trinajstić information content (AvgIpc) is 2.30. The minimum Gasteiger partial charge on any atom is -0.384 e. The lowest BCUT2D eigenvalue weighted by Crippen LogP contribution is -2.16. The first kappa shape index (κ1) is 12.6. The standard InChI is InChI=1S/C15H21N/c1-4-5-11-15(13(2)3)16-12-14-9-7-6-8-10-14/h4-11,13,16H,12H2,1-3H3/b5-4-,15-11+. The molecule has 0 radical (unpaired) electrons. The summed E-state index contributed by atoms with van der Waals surface area (Å²) in [7, 11) is 0. The van der Waals surface area contributed by atoms with Gasteiger partial charge in [0, 0.05) is 12.2 Å². The Hall–Kier alpha value is -1.50. The topological polar surface area (TPSA) is 12.0 Å². The fraction of sp³-hybridized carbons (Fsp3) is 0.333. The second-order valence-electron chi connectivity index (χ2n) is 4.14. The molecule has 0 aliphatic heterocycles. The van der Waals surface area contributed by atoms with Gasteiger partial charge in [-0.05, 0) is 24.5 Å². The molecule has 1 rings (SSSR count). The summed E-state index contributed by atoms with van der Waals surface area (Å²) < 4.78 is 0. The summed E-state index contributed by atoms with van der Waals surface area (Å²) in [6.45, 7) is 7.33. The van der Waals surface area contributed by atoms with Crippen LogP contribution in [0.1, 0.15) is 26.3 Å². The number of hydrogen-bond acceptors (Lipinski definition) is 1. The van der Waals surface area contributed by atoms with Crippen LogP contribution in [-0.2, 0) is 6.54 Å². The number of rotatable bonds is 5. The normalized spacial score (nSPS) is 12.4. The van der Waals surface area contributed by atoms with E-state index in [0.717, 1.165) is 6.54 Å². The molecule has 0 aliphatic rings. The zero-order valence-electron chi connectivity index (χ0n) is 10.4. The number of hydrogen-bond donors (Lipinski definition) is 1. The van der Waals surface area contributed by atoms with Crippen molar-refractivity contribution in [1.29, 1.82) is 0 Å².